The van der Waals surface area contributed by atoms with Gasteiger partial charge in [-0.25, -0.2) is 4.79 Å². The van der Waals surface area contributed by atoms with Crippen molar-refractivity contribution in [2.75, 3.05) is 0 Å². The molecule has 0 spiro atoms. The van der Waals surface area contributed by atoms with E-state index >= 15 is 0 Å². The van der Waals surface area contributed by atoms with Crippen LogP contribution in [-0.2, 0) is 9.47 Å². The number of ether oxygens (including phenoxy) is 2. The van der Waals surface area contributed by atoms with Crippen molar-refractivity contribution in [1.29, 1.82) is 0 Å². The normalized spacial score (nSPS) is 29.2. The molecule has 0 aromatic heterocycles. The topological polar surface area (TPSA) is 59.0 Å². The summed E-state index contributed by atoms with van der Waals surface area (Å²) >= 11 is 0. The zero-order chi connectivity index (χ0) is 14.3. The largest absolute Gasteiger partial charge is 0.444 e. The Bertz CT molecular complexity index is 319. The maximum Gasteiger partial charge on any atom is 0.413 e. The highest BCUT2D eigenvalue weighted by atomic mass is 16.6. The summed E-state index contributed by atoms with van der Waals surface area (Å²) in [5.74, 6) is 0. The van der Waals surface area contributed by atoms with E-state index in [0.717, 1.165) is 0 Å². The molecule has 0 aromatic carbocycles. The van der Waals surface area contributed by atoms with Crippen LogP contribution in [0, 0.1) is 0 Å². The van der Waals surface area contributed by atoms with Gasteiger partial charge in [0.25, 0.3) is 0 Å². The van der Waals surface area contributed by atoms with Gasteiger partial charge in [0.1, 0.15) is 11.3 Å². The number of aliphatic hydroxyl groups excluding tert-OH is 1. The second-order valence-electron chi connectivity index (χ2n) is 6.35. The smallest absolute Gasteiger partial charge is 0.413 e. The molecule has 1 amide bonds. The molecular weight excluding hydrogens is 234 g/mol. The highest BCUT2D eigenvalue weighted by Crippen LogP contribution is 2.34. The highest BCUT2D eigenvalue weighted by molar-refractivity contribution is 5.70. The monoisotopic (exact) mass is 259 g/mol. The fourth-order valence-electron chi connectivity index (χ4n) is 2.41. The molecule has 5 nitrogen and oxygen atoms in total. The van der Waals surface area contributed by atoms with Crippen LogP contribution in [0.15, 0.2) is 0 Å². The van der Waals surface area contributed by atoms with Crippen LogP contribution in [0.25, 0.3) is 0 Å². The lowest BCUT2D eigenvalue weighted by molar-refractivity contribution is -0.0772. The van der Waals surface area contributed by atoms with Crippen molar-refractivity contribution >= 4 is 6.09 Å². The van der Waals surface area contributed by atoms with Gasteiger partial charge in [0, 0.05) is 0 Å². The number of nitrogens with zero attached hydrogens (tertiary/aromatic N) is 1. The summed E-state index contributed by atoms with van der Waals surface area (Å²) in [6.07, 6.45) is -1.36. The fraction of sp³-hybridized carbons (Fsp3) is 0.923. The molecule has 106 valence electrons. The van der Waals surface area contributed by atoms with Gasteiger partial charge < -0.3 is 14.6 Å². The molecule has 18 heavy (non-hydrogen) atoms. The van der Waals surface area contributed by atoms with Gasteiger partial charge >= 0.3 is 6.09 Å². The molecule has 0 saturated carbocycles. The van der Waals surface area contributed by atoms with Crippen LogP contribution in [0.4, 0.5) is 4.79 Å². The molecule has 1 rings (SSSR count). The van der Waals surface area contributed by atoms with Crippen LogP contribution in [0.1, 0.15) is 48.5 Å². The van der Waals surface area contributed by atoms with E-state index < -0.39 is 29.6 Å². The molecule has 5 heteroatoms. The number of aliphatic hydroxyl groups is 1. The number of amides is 1. The summed E-state index contributed by atoms with van der Waals surface area (Å²) in [6.45, 7) is 12.6. The average molecular weight is 259 g/mol. The van der Waals surface area contributed by atoms with E-state index in [1.807, 2.05) is 27.7 Å². The van der Waals surface area contributed by atoms with E-state index in [4.69, 9.17) is 9.47 Å². The Morgan fingerprint density at radius 1 is 1.44 bits per heavy atom. The van der Waals surface area contributed by atoms with Crippen molar-refractivity contribution < 1.29 is 19.4 Å². The minimum atomic E-state index is -0.774. The Morgan fingerprint density at radius 3 is 2.33 bits per heavy atom. The van der Waals surface area contributed by atoms with Gasteiger partial charge in [-0.05, 0) is 48.5 Å². The predicted octanol–water partition coefficient (Wildman–Crippen LogP) is 2.13. The lowest BCUT2D eigenvalue weighted by atomic mass is 10.1. The molecular formula is C13H25NO4. The Balaban J connectivity index is 2.97. The number of carbonyl (C=O) groups is 1. The lowest BCUT2D eigenvalue weighted by Gasteiger charge is -2.36. The highest BCUT2D eigenvalue weighted by Gasteiger charge is 2.51. The van der Waals surface area contributed by atoms with Crippen LogP contribution in [0.3, 0.4) is 0 Å². The zero-order valence-corrected chi connectivity index (χ0v) is 12.4. The first-order chi connectivity index (χ1) is 7.96. The molecule has 0 bridgehead atoms. The molecule has 0 unspecified atom stereocenters. The van der Waals surface area contributed by atoms with E-state index in [-0.39, 0.29) is 6.10 Å². The maximum absolute atomic E-state index is 12.2. The van der Waals surface area contributed by atoms with E-state index in [9.17, 15) is 9.90 Å². The summed E-state index contributed by atoms with van der Waals surface area (Å²) in [6, 6.07) is -0.394. The summed E-state index contributed by atoms with van der Waals surface area (Å²) < 4.78 is 11.1. The van der Waals surface area contributed by atoms with Crippen molar-refractivity contribution in [3.63, 3.8) is 0 Å². The third-order valence-corrected chi connectivity index (χ3v) is 2.92. The van der Waals surface area contributed by atoms with Gasteiger partial charge in [-0.3, -0.25) is 4.90 Å². The van der Waals surface area contributed by atoms with Gasteiger partial charge in [-0.1, -0.05) is 0 Å². The van der Waals surface area contributed by atoms with Gasteiger partial charge in [-0.15, -0.1) is 0 Å². The van der Waals surface area contributed by atoms with Crippen molar-refractivity contribution in [2.45, 2.75) is 78.0 Å². The Hall–Kier alpha value is -0.810. The van der Waals surface area contributed by atoms with E-state index in [2.05, 4.69) is 0 Å². The number of rotatable bonds is 1. The Morgan fingerprint density at radius 2 is 1.94 bits per heavy atom. The molecule has 1 aliphatic rings. The van der Waals surface area contributed by atoms with E-state index in [1.54, 1.807) is 20.8 Å². The molecule has 0 radical (unpaired) electrons. The summed E-state index contributed by atoms with van der Waals surface area (Å²) in [7, 11) is 0. The van der Waals surface area contributed by atoms with Crippen LogP contribution in [-0.4, -0.2) is 45.7 Å². The molecule has 1 heterocycles. The Kier molecular flexibility index (Phi) is 3.98. The second kappa shape index (κ2) is 4.70. The minimum absolute atomic E-state index is 0.229. The summed E-state index contributed by atoms with van der Waals surface area (Å²) in [5, 5.41) is 9.84. The quantitative estimate of drug-likeness (QED) is 0.783. The molecule has 1 saturated heterocycles. The van der Waals surface area contributed by atoms with Gasteiger partial charge in [0.2, 0.25) is 0 Å². The van der Waals surface area contributed by atoms with E-state index in [1.165, 1.54) is 4.90 Å². The Labute approximate surface area is 109 Å². The molecule has 0 aliphatic carbocycles. The van der Waals surface area contributed by atoms with Crippen LogP contribution in [0.5, 0.6) is 0 Å². The van der Waals surface area contributed by atoms with Crippen LogP contribution >= 0.6 is 0 Å². The van der Waals surface area contributed by atoms with Crippen molar-refractivity contribution in [1.82, 2.24) is 4.90 Å². The third kappa shape index (κ3) is 3.14. The van der Waals surface area contributed by atoms with Crippen molar-refractivity contribution in [3.05, 3.63) is 0 Å². The lowest BCUT2D eigenvalue weighted by Crippen LogP contribution is -2.53. The van der Waals surface area contributed by atoms with Crippen molar-refractivity contribution in [2.24, 2.45) is 0 Å². The SMILES string of the molecule is C[C@H](O)[C@@H]1[C@@H](C)OC(C)(C)N1C(=O)OC(C)(C)C. The first-order valence-corrected chi connectivity index (χ1v) is 6.34. The van der Waals surface area contributed by atoms with Crippen molar-refractivity contribution in [3.8, 4) is 0 Å². The molecule has 1 N–H and O–H groups in total. The third-order valence-electron chi connectivity index (χ3n) is 2.92. The average Bonchev–Trinajstić information content (AvgIpc) is 2.31. The maximum atomic E-state index is 12.2. The summed E-state index contributed by atoms with van der Waals surface area (Å²) in [4.78, 5) is 13.7. The number of hydrogen-bond donors (Lipinski definition) is 1. The number of carbonyl (C=O) groups excluding carboxylic acids is 1. The van der Waals surface area contributed by atoms with Gasteiger partial charge in [-0.2, -0.15) is 0 Å². The van der Waals surface area contributed by atoms with Gasteiger partial charge in [0.15, 0.2) is 0 Å². The fourth-order valence-corrected chi connectivity index (χ4v) is 2.41. The van der Waals surface area contributed by atoms with Crippen LogP contribution in [0.2, 0.25) is 0 Å². The minimum Gasteiger partial charge on any atom is -0.444 e. The van der Waals surface area contributed by atoms with Crippen LogP contribution < -0.4 is 0 Å². The molecule has 3 atom stereocenters. The molecule has 1 aliphatic heterocycles. The first-order valence-electron chi connectivity index (χ1n) is 6.34. The predicted molar refractivity (Wildman–Crippen MR) is 68.2 cm³/mol. The second-order valence-corrected chi connectivity index (χ2v) is 6.35. The van der Waals surface area contributed by atoms with E-state index in [0.29, 0.717) is 0 Å². The summed E-state index contributed by atoms with van der Waals surface area (Å²) in [5.41, 5.74) is -1.34. The van der Waals surface area contributed by atoms with Gasteiger partial charge in [0.05, 0.1) is 18.2 Å². The first kappa shape index (κ1) is 15.2. The molecule has 1 fully saturated rings. The molecule has 0 aromatic rings. The standard InChI is InChI=1S/C13H25NO4/c1-8(15)10-9(2)17-13(6,7)14(10)11(16)18-12(3,4)5/h8-10,15H,1-7H3/t8-,9+,10+/m0/s1. The zero-order valence-electron chi connectivity index (χ0n) is 12.4. The number of hydrogen-bond acceptors (Lipinski definition) is 4.